The SMILES string of the molecule is CC1CCC(CNCc2ccc(C(=O)O)o2)CC1. The van der Waals surface area contributed by atoms with E-state index in [0.717, 1.165) is 18.4 Å². The van der Waals surface area contributed by atoms with Crippen LogP contribution in [0.4, 0.5) is 0 Å². The van der Waals surface area contributed by atoms with Gasteiger partial charge >= 0.3 is 5.97 Å². The van der Waals surface area contributed by atoms with Crippen LogP contribution >= 0.6 is 0 Å². The zero-order valence-corrected chi connectivity index (χ0v) is 10.8. The monoisotopic (exact) mass is 251 g/mol. The average molecular weight is 251 g/mol. The molecule has 4 heteroatoms. The van der Waals surface area contributed by atoms with Crippen molar-refractivity contribution in [3.8, 4) is 0 Å². The van der Waals surface area contributed by atoms with E-state index < -0.39 is 5.97 Å². The fourth-order valence-corrected chi connectivity index (χ4v) is 2.52. The normalized spacial score (nSPS) is 24.1. The summed E-state index contributed by atoms with van der Waals surface area (Å²) in [7, 11) is 0. The van der Waals surface area contributed by atoms with Crippen LogP contribution in [-0.4, -0.2) is 17.6 Å². The minimum absolute atomic E-state index is 0.0123. The van der Waals surface area contributed by atoms with Gasteiger partial charge in [-0.15, -0.1) is 0 Å². The maximum Gasteiger partial charge on any atom is 0.371 e. The van der Waals surface area contributed by atoms with Crippen LogP contribution < -0.4 is 5.32 Å². The Balaban J connectivity index is 1.70. The van der Waals surface area contributed by atoms with Gasteiger partial charge in [-0.05, 0) is 43.4 Å². The molecular weight excluding hydrogens is 230 g/mol. The van der Waals surface area contributed by atoms with Gasteiger partial charge in [-0.3, -0.25) is 0 Å². The standard InChI is InChI=1S/C14H21NO3/c1-10-2-4-11(5-3-10)8-15-9-12-6-7-13(18-12)14(16)17/h6-7,10-11,15H,2-5,8-9H2,1H3,(H,16,17). The Bertz CT molecular complexity index is 391. The van der Waals surface area contributed by atoms with Crippen LogP contribution in [0, 0.1) is 11.8 Å². The van der Waals surface area contributed by atoms with Crippen molar-refractivity contribution in [2.45, 2.75) is 39.2 Å². The molecule has 100 valence electrons. The van der Waals surface area contributed by atoms with Crippen molar-refractivity contribution in [3.05, 3.63) is 23.7 Å². The highest BCUT2D eigenvalue weighted by Gasteiger charge is 2.17. The number of carboxylic acid groups (broad SMARTS) is 1. The van der Waals surface area contributed by atoms with E-state index in [4.69, 9.17) is 9.52 Å². The number of carboxylic acids is 1. The van der Waals surface area contributed by atoms with Crippen molar-refractivity contribution >= 4 is 5.97 Å². The number of hydrogen-bond acceptors (Lipinski definition) is 3. The van der Waals surface area contributed by atoms with E-state index in [1.807, 2.05) is 0 Å². The Morgan fingerprint density at radius 1 is 1.39 bits per heavy atom. The fraction of sp³-hybridized carbons (Fsp3) is 0.643. The lowest BCUT2D eigenvalue weighted by atomic mass is 9.83. The lowest BCUT2D eigenvalue weighted by Gasteiger charge is -2.26. The molecular formula is C14H21NO3. The van der Waals surface area contributed by atoms with Crippen molar-refractivity contribution in [1.29, 1.82) is 0 Å². The molecule has 0 radical (unpaired) electrons. The summed E-state index contributed by atoms with van der Waals surface area (Å²) in [4.78, 5) is 10.7. The second-order valence-corrected chi connectivity index (χ2v) is 5.33. The molecule has 2 rings (SSSR count). The summed E-state index contributed by atoms with van der Waals surface area (Å²) < 4.78 is 5.19. The van der Waals surface area contributed by atoms with Crippen LogP contribution in [0.3, 0.4) is 0 Å². The molecule has 0 saturated heterocycles. The average Bonchev–Trinajstić information content (AvgIpc) is 2.81. The summed E-state index contributed by atoms with van der Waals surface area (Å²) in [6.07, 6.45) is 5.26. The van der Waals surface area contributed by atoms with Crippen molar-refractivity contribution < 1.29 is 14.3 Å². The molecule has 1 aromatic heterocycles. The summed E-state index contributed by atoms with van der Waals surface area (Å²) in [6, 6.07) is 3.22. The molecule has 1 aliphatic rings. The molecule has 0 aliphatic heterocycles. The second kappa shape index (κ2) is 6.05. The van der Waals surface area contributed by atoms with Crippen LogP contribution in [0.5, 0.6) is 0 Å². The van der Waals surface area contributed by atoms with E-state index in [2.05, 4.69) is 12.2 Å². The molecule has 0 aromatic carbocycles. The minimum Gasteiger partial charge on any atom is -0.475 e. The maximum absolute atomic E-state index is 10.7. The zero-order chi connectivity index (χ0) is 13.0. The van der Waals surface area contributed by atoms with Crippen LogP contribution in [0.1, 0.15) is 48.9 Å². The number of nitrogens with one attached hydrogen (secondary N) is 1. The number of carbonyl (C=O) groups is 1. The van der Waals surface area contributed by atoms with Gasteiger partial charge in [-0.25, -0.2) is 4.79 Å². The molecule has 2 N–H and O–H groups in total. The van der Waals surface area contributed by atoms with Crippen LogP contribution in [0.25, 0.3) is 0 Å². The molecule has 0 bridgehead atoms. The van der Waals surface area contributed by atoms with Gasteiger partial charge in [0, 0.05) is 0 Å². The smallest absolute Gasteiger partial charge is 0.371 e. The Hall–Kier alpha value is -1.29. The Morgan fingerprint density at radius 2 is 2.11 bits per heavy atom. The van der Waals surface area contributed by atoms with Crippen LogP contribution in [0.15, 0.2) is 16.5 Å². The summed E-state index contributed by atoms with van der Waals surface area (Å²) in [5, 5.41) is 12.1. The summed E-state index contributed by atoms with van der Waals surface area (Å²) >= 11 is 0. The first kappa shape index (κ1) is 13.1. The van der Waals surface area contributed by atoms with Gasteiger partial charge in [0.25, 0.3) is 0 Å². The molecule has 1 aromatic rings. The van der Waals surface area contributed by atoms with Gasteiger partial charge in [0.2, 0.25) is 5.76 Å². The molecule has 1 fully saturated rings. The number of rotatable bonds is 5. The van der Waals surface area contributed by atoms with Crippen molar-refractivity contribution in [2.24, 2.45) is 11.8 Å². The van der Waals surface area contributed by atoms with Gasteiger partial charge in [0.15, 0.2) is 0 Å². The Labute approximate surface area is 107 Å². The van der Waals surface area contributed by atoms with E-state index in [0.29, 0.717) is 12.3 Å². The topological polar surface area (TPSA) is 62.5 Å². The predicted molar refractivity (Wildman–Crippen MR) is 68.5 cm³/mol. The highest BCUT2D eigenvalue weighted by molar-refractivity contribution is 5.84. The summed E-state index contributed by atoms with van der Waals surface area (Å²) in [5.41, 5.74) is 0. The molecule has 1 aliphatic carbocycles. The summed E-state index contributed by atoms with van der Waals surface area (Å²) in [6.45, 7) is 3.93. The predicted octanol–water partition coefficient (Wildman–Crippen LogP) is 2.89. The fourth-order valence-electron chi connectivity index (χ4n) is 2.52. The first-order valence-corrected chi connectivity index (χ1v) is 6.68. The van der Waals surface area contributed by atoms with Crippen molar-refractivity contribution in [1.82, 2.24) is 5.32 Å². The lowest BCUT2D eigenvalue weighted by Crippen LogP contribution is -2.25. The molecule has 1 saturated carbocycles. The van der Waals surface area contributed by atoms with Gasteiger partial charge in [-0.1, -0.05) is 19.8 Å². The first-order valence-electron chi connectivity index (χ1n) is 6.68. The molecule has 4 nitrogen and oxygen atoms in total. The highest BCUT2D eigenvalue weighted by Crippen LogP contribution is 2.27. The van der Waals surface area contributed by atoms with Gasteiger partial charge in [0.1, 0.15) is 5.76 Å². The van der Waals surface area contributed by atoms with E-state index in [1.54, 1.807) is 6.07 Å². The van der Waals surface area contributed by atoms with Crippen molar-refractivity contribution in [3.63, 3.8) is 0 Å². The summed E-state index contributed by atoms with van der Waals surface area (Å²) in [5.74, 6) is 1.33. The van der Waals surface area contributed by atoms with Crippen LogP contribution in [0.2, 0.25) is 0 Å². The third-order valence-corrected chi connectivity index (χ3v) is 3.74. The minimum atomic E-state index is -1.01. The highest BCUT2D eigenvalue weighted by atomic mass is 16.4. The quantitative estimate of drug-likeness (QED) is 0.844. The van der Waals surface area contributed by atoms with Crippen molar-refractivity contribution in [2.75, 3.05) is 6.54 Å². The Kier molecular flexibility index (Phi) is 4.42. The molecule has 0 amide bonds. The third-order valence-electron chi connectivity index (χ3n) is 3.74. The Morgan fingerprint density at radius 3 is 2.72 bits per heavy atom. The zero-order valence-electron chi connectivity index (χ0n) is 10.8. The largest absolute Gasteiger partial charge is 0.475 e. The first-order chi connectivity index (χ1) is 8.65. The number of aromatic carboxylic acids is 1. The van der Waals surface area contributed by atoms with Gasteiger partial charge in [-0.2, -0.15) is 0 Å². The molecule has 18 heavy (non-hydrogen) atoms. The maximum atomic E-state index is 10.7. The third kappa shape index (κ3) is 3.60. The van der Waals surface area contributed by atoms with E-state index in [9.17, 15) is 4.79 Å². The van der Waals surface area contributed by atoms with Crippen LogP contribution in [-0.2, 0) is 6.54 Å². The van der Waals surface area contributed by atoms with E-state index in [-0.39, 0.29) is 5.76 Å². The molecule has 0 unspecified atom stereocenters. The van der Waals surface area contributed by atoms with E-state index >= 15 is 0 Å². The number of furan rings is 1. The second-order valence-electron chi connectivity index (χ2n) is 5.33. The molecule has 0 spiro atoms. The van der Waals surface area contributed by atoms with Gasteiger partial charge < -0.3 is 14.8 Å². The van der Waals surface area contributed by atoms with E-state index in [1.165, 1.54) is 31.7 Å². The number of hydrogen-bond donors (Lipinski definition) is 2. The molecule has 1 heterocycles. The molecule has 0 atom stereocenters. The lowest BCUT2D eigenvalue weighted by molar-refractivity contribution is 0.0660. The van der Waals surface area contributed by atoms with Gasteiger partial charge in [0.05, 0.1) is 6.54 Å².